The number of hydrogen-bond acceptors (Lipinski definition) is 2. The molecule has 0 spiro atoms. The smallest absolute Gasteiger partial charge is 0.224 e. The molecule has 2 rings (SSSR count). The van der Waals surface area contributed by atoms with Gasteiger partial charge in [-0.05, 0) is 35.9 Å². The van der Waals surface area contributed by atoms with Gasteiger partial charge < -0.3 is 10.1 Å². The number of nitrogens with one attached hydrogen (secondary N) is 1. The monoisotopic (exact) mass is 291 g/mol. The van der Waals surface area contributed by atoms with Crippen molar-refractivity contribution >= 4 is 5.91 Å². The molecule has 0 aliphatic rings. The third-order valence-corrected chi connectivity index (χ3v) is 2.82. The van der Waals surface area contributed by atoms with E-state index in [-0.39, 0.29) is 24.8 Å². The highest BCUT2D eigenvalue weighted by atomic mass is 19.1. The van der Waals surface area contributed by atoms with Crippen LogP contribution in [0.4, 0.5) is 8.78 Å². The molecule has 0 unspecified atom stereocenters. The Bertz CT molecular complexity index is 599. The zero-order chi connectivity index (χ0) is 15.1. The lowest BCUT2D eigenvalue weighted by molar-refractivity contribution is -0.120. The molecule has 0 fully saturated rings. The zero-order valence-electron chi connectivity index (χ0n) is 11.3. The molecular weight excluding hydrogens is 276 g/mol. The van der Waals surface area contributed by atoms with Gasteiger partial charge in [-0.25, -0.2) is 8.78 Å². The molecule has 0 bridgehead atoms. The largest absolute Gasteiger partial charge is 0.492 e. The molecule has 21 heavy (non-hydrogen) atoms. The van der Waals surface area contributed by atoms with Gasteiger partial charge in [-0.2, -0.15) is 0 Å². The van der Waals surface area contributed by atoms with Crippen LogP contribution >= 0.6 is 0 Å². The highest BCUT2D eigenvalue weighted by Gasteiger charge is 2.06. The predicted octanol–water partition coefficient (Wildman–Crippen LogP) is 2.70. The lowest BCUT2D eigenvalue weighted by Gasteiger charge is -2.08. The van der Waals surface area contributed by atoms with Gasteiger partial charge in [-0.1, -0.05) is 18.2 Å². The molecule has 5 heteroatoms. The summed E-state index contributed by atoms with van der Waals surface area (Å²) in [6.07, 6.45) is -0.0107. The van der Waals surface area contributed by atoms with Gasteiger partial charge in [0.1, 0.15) is 24.0 Å². The molecule has 0 atom stereocenters. The second-order valence-electron chi connectivity index (χ2n) is 4.42. The maximum Gasteiger partial charge on any atom is 0.224 e. The van der Waals surface area contributed by atoms with Crippen LogP contribution in [-0.4, -0.2) is 19.1 Å². The summed E-state index contributed by atoms with van der Waals surface area (Å²) < 4.78 is 31.4. The molecule has 0 aromatic heterocycles. The third-order valence-electron chi connectivity index (χ3n) is 2.82. The van der Waals surface area contributed by atoms with Crippen LogP contribution in [0.3, 0.4) is 0 Å². The van der Waals surface area contributed by atoms with Crippen LogP contribution in [0.5, 0.6) is 5.75 Å². The molecule has 0 saturated carbocycles. The second kappa shape index (κ2) is 7.38. The minimum absolute atomic E-state index is 0.0107. The van der Waals surface area contributed by atoms with Crippen LogP contribution in [0, 0.1) is 11.6 Å². The van der Waals surface area contributed by atoms with E-state index >= 15 is 0 Å². The van der Waals surface area contributed by atoms with E-state index in [9.17, 15) is 13.6 Å². The molecule has 110 valence electrons. The van der Waals surface area contributed by atoms with Crippen molar-refractivity contribution in [3.05, 3.63) is 65.7 Å². The summed E-state index contributed by atoms with van der Waals surface area (Å²) in [5.74, 6) is -0.474. The first-order valence-corrected chi connectivity index (χ1v) is 6.53. The van der Waals surface area contributed by atoms with Crippen LogP contribution in [0.2, 0.25) is 0 Å². The standard InChI is InChI=1S/C16H15F2NO2/c17-13-5-7-14(8-6-13)21-10-9-19-16(20)11-12-3-1-2-4-15(12)18/h1-8H,9-11H2,(H,19,20). The second-order valence-corrected chi connectivity index (χ2v) is 4.42. The Balaban J connectivity index is 1.70. The molecule has 2 aromatic rings. The first-order chi connectivity index (χ1) is 10.1. The average Bonchev–Trinajstić information content (AvgIpc) is 2.48. The Kier molecular flexibility index (Phi) is 5.26. The van der Waals surface area contributed by atoms with Gasteiger partial charge in [0.15, 0.2) is 0 Å². The van der Waals surface area contributed by atoms with Gasteiger partial charge in [0.05, 0.1) is 13.0 Å². The van der Waals surface area contributed by atoms with Crippen molar-refractivity contribution in [3.8, 4) is 5.75 Å². The summed E-state index contributed by atoms with van der Waals surface area (Å²) >= 11 is 0. The van der Waals surface area contributed by atoms with Crippen molar-refractivity contribution in [2.45, 2.75) is 6.42 Å². The van der Waals surface area contributed by atoms with E-state index < -0.39 is 5.82 Å². The summed E-state index contributed by atoms with van der Waals surface area (Å²) in [5.41, 5.74) is 0.356. The summed E-state index contributed by atoms with van der Waals surface area (Å²) in [7, 11) is 0. The normalized spacial score (nSPS) is 10.2. The van der Waals surface area contributed by atoms with Crippen molar-refractivity contribution in [3.63, 3.8) is 0 Å². The lowest BCUT2D eigenvalue weighted by atomic mass is 10.1. The number of amides is 1. The minimum atomic E-state index is -0.393. The fourth-order valence-corrected chi connectivity index (χ4v) is 1.77. The minimum Gasteiger partial charge on any atom is -0.492 e. The van der Waals surface area contributed by atoms with Crippen molar-refractivity contribution < 1.29 is 18.3 Å². The Morgan fingerprint density at radius 3 is 2.48 bits per heavy atom. The summed E-state index contributed by atoms with van der Waals surface area (Å²) in [6, 6.07) is 11.8. The number of rotatable bonds is 6. The Morgan fingerprint density at radius 1 is 1.05 bits per heavy atom. The average molecular weight is 291 g/mol. The Morgan fingerprint density at radius 2 is 1.76 bits per heavy atom. The molecule has 0 aliphatic carbocycles. The molecule has 3 nitrogen and oxygen atoms in total. The molecule has 0 saturated heterocycles. The number of hydrogen-bond donors (Lipinski definition) is 1. The fraction of sp³-hybridized carbons (Fsp3) is 0.188. The Labute approximate surface area is 121 Å². The Hall–Kier alpha value is -2.43. The highest BCUT2D eigenvalue weighted by Crippen LogP contribution is 2.10. The first kappa shape index (κ1) is 15.0. The number of carbonyl (C=O) groups excluding carboxylic acids is 1. The number of benzene rings is 2. The van der Waals surface area contributed by atoms with E-state index in [2.05, 4.69) is 5.32 Å². The van der Waals surface area contributed by atoms with Crippen LogP contribution in [-0.2, 0) is 11.2 Å². The zero-order valence-corrected chi connectivity index (χ0v) is 11.3. The highest BCUT2D eigenvalue weighted by molar-refractivity contribution is 5.78. The fourth-order valence-electron chi connectivity index (χ4n) is 1.77. The van der Waals surface area contributed by atoms with Gasteiger partial charge in [0.25, 0.3) is 0 Å². The quantitative estimate of drug-likeness (QED) is 0.831. The molecular formula is C16H15F2NO2. The molecule has 0 radical (unpaired) electrons. The molecule has 0 heterocycles. The summed E-state index contributed by atoms with van der Waals surface area (Å²) in [6.45, 7) is 0.555. The molecule has 1 N–H and O–H groups in total. The maximum absolute atomic E-state index is 13.4. The first-order valence-electron chi connectivity index (χ1n) is 6.53. The summed E-state index contributed by atoms with van der Waals surface area (Å²) in [4.78, 5) is 11.6. The lowest BCUT2D eigenvalue weighted by Crippen LogP contribution is -2.29. The third kappa shape index (κ3) is 4.87. The van der Waals surface area contributed by atoms with E-state index in [0.29, 0.717) is 17.9 Å². The number of carbonyl (C=O) groups is 1. The summed E-state index contributed by atoms with van der Waals surface area (Å²) in [5, 5.41) is 2.64. The molecule has 1 amide bonds. The number of ether oxygens (including phenoxy) is 1. The molecule has 0 aliphatic heterocycles. The van der Waals surface area contributed by atoms with E-state index in [0.717, 1.165) is 0 Å². The van der Waals surface area contributed by atoms with E-state index in [4.69, 9.17) is 4.74 Å². The number of halogens is 2. The van der Waals surface area contributed by atoms with Crippen molar-refractivity contribution in [1.82, 2.24) is 5.32 Å². The van der Waals surface area contributed by atoms with Gasteiger partial charge >= 0.3 is 0 Å². The van der Waals surface area contributed by atoms with E-state index in [1.54, 1.807) is 18.2 Å². The van der Waals surface area contributed by atoms with E-state index in [1.165, 1.54) is 30.3 Å². The predicted molar refractivity (Wildman–Crippen MR) is 75.0 cm³/mol. The van der Waals surface area contributed by atoms with Crippen LogP contribution in [0.15, 0.2) is 48.5 Å². The van der Waals surface area contributed by atoms with Crippen LogP contribution in [0.25, 0.3) is 0 Å². The van der Waals surface area contributed by atoms with Gasteiger partial charge in [-0.3, -0.25) is 4.79 Å². The van der Waals surface area contributed by atoms with Gasteiger partial charge in [0, 0.05) is 0 Å². The SMILES string of the molecule is O=C(Cc1ccccc1F)NCCOc1ccc(F)cc1. The molecule has 2 aromatic carbocycles. The van der Waals surface area contributed by atoms with Crippen molar-refractivity contribution in [2.75, 3.05) is 13.2 Å². The van der Waals surface area contributed by atoms with Crippen molar-refractivity contribution in [1.29, 1.82) is 0 Å². The van der Waals surface area contributed by atoms with Crippen molar-refractivity contribution in [2.24, 2.45) is 0 Å². The van der Waals surface area contributed by atoms with Gasteiger partial charge in [-0.15, -0.1) is 0 Å². The van der Waals surface area contributed by atoms with Crippen LogP contribution in [0.1, 0.15) is 5.56 Å². The van der Waals surface area contributed by atoms with Gasteiger partial charge in [0.2, 0.25) is 5.91 Å². The van der Waals surface area contributed by atoms with E-state index in [1.807, 2.05) is 0 Å². The van der Waals surface area contributed by atoms with Crippen LogP contribution < -0.4 is 10.1 Å². The maximum atomic E-state index is 13.4. The topological polar surface area (TPSA) is 38.3 Å².